The fraction of sp³-hybridized carbons (Fsp3) is 0.375. The van der Waals surface area contributed by atoms with E-state index in [-0.39, 0.29) is 31.1 Å². The van der Waals surface area contributed by atoms with Crippen LogP contribution in [0.15, 0.2) is 35.1 Å². The van der Waals surface area contributed by atoms with E-state index >= 15 is 0 Å². The Morgan fingerprint density at radius 2 is 1.96 bits per heavy atom. The molecule has 1 amide bonds. The molecule has 1 aromatic heterocycles. The predicted molar refractivity (Wildman–Crippen MR) is 93.4 cm³/mol. The molecule has 1 N–H and O–H groups in total. The Morgan fingerprint density at radius 1 is 1.29 bits per heavy atom. The molecule has 2 aromatic rings. The lowest BCUT2D eigenvalue weighted by Crippen LogP contribution is -2.38. The zero-order chi connectivity index (χ0) is 17.9. The first kappa shape index (κ1) is 18.2. The number of para-hydroxylation sites is 1. The summed E-state index contributed by atoms with van der Waals surface area (Å²) in [6, 6.07) is 8.91. The Morgan fingerprint density at radius 3 is 2.62 bits per heavy atom. The summed E-state index contributed by atoms with van der Waals surface area (Å²) < 4.78 is 25.1. The number of hydrogen-bond donors (Lipinski definition) is 1. The molecule has 130 valence electrons. The molecule has 0 radical (unpaired) electrons. The number of aryl methyl sites for hydroxylation is 1. The third kappa shape index (κ3) is 4.21. The summed E-state index contributed by atoms with van der Waals surface area (Å²) in [5.41, 5.74) is 1.32. The van der Waals surface area contributed by atoms with Crippen LogP contribution >= 0.6 is 0 Å². The Bertz CT molecular complexity index is 919. The van der Waals surface area contributed by atoms with E-state index in [2.05, 4.69) is 5.32 Å². The van der Waals surface area contributed by atoms with Gasteiger partial charge in [-0.1, -0.05) is 18.2 Å². The minimum atomic E-state index is -3.27. The highest BCUT2D eigenvalue weighted by atomic mass is 32.2. The molecular formula is C16H21N3O4S. The molecule has 0 aliphatic carbocycles. The Hall–Kier alpha value is -2.19. The first-order chi connectivity index (χ1) is 11.2. The summed E-state index contributed by atoms with van der Waals surface area (Å²) in [5.74, 6) is -0.340. The van der Waals surface area contributed by atoms with Crippen molar-refractivity contribution in [3.8, 4) is 0 Å². The van der Waals surface area contributed by atoms with Gasteiger partial charge in [-0.05, 0) is 18.6 Å². The number of pyridine rings is 1. The van der Waals surface area contributed by atoms with Crippen molar-refractivity contribution in [1.29, 1.82) is 0 Å². The number of nitrogens with zero attached hydrogens (tertiary/aromatic N) is 2. The Kier molecular flexibility index (Phi) is 5.40. The second-order valence-corrected chi connectivity index (χ2v) is 7.79. The van der Waals surface area contributed by atoms with Crippen molar-refractivity contribution in [3.63, 3.8) is 0 Å². The highest BCUT2D eigenvalue weighted by Crippen LogP contribution is 2.15. The van der Waals surface area contributed by atoms with Crippen molar-refractivity contribution < 1.29 is 13.2 Å². The first-order valence-electron chi connectivity index (χ1n) is 7.47. The van der Waals surface area contributed by atoms with Crippen molar-refractivity contribution >= 4 is 26.8 Å². The number of aromatic nitrogens is 1. The van der Waals surface area contributed by atoms with Gasteiger partial charge in [-0.2, -0.15) is 0 Å². The zero-order valence-corrected chi connectivity index (χ0v) is 14.8. The molecule has 0 atom stereocenters. The van der Waals surface area contributed by atoms with Gasteiger partial charge < -0.3 is 5.32 Å². The maximum atomic E-state index is 12.2. The van der Waals surface area contributed by atoms with E-state index in [1.165, 1.54) is 17.7 Å². The van der Waals surface area contributed by atoms with Gasteiger partial charge in [0.25, 0.3) is 5.56 Å². The average Bonchev–Trinajstić information content (AvgIpc) is 2.50. The summed E-state index contributed by atoms with van der Waals surface area (Å²) >= 11 is 0. The zero-order valence-electron chi connectivity index (χ0n) is 13.9. The van der Waals surface area contributed by atoms with E-state index in [1.54, 1.807) is 6.07 Å². The summed E-state index contributed by atoms with van der Waals surface area (Å²) in [4.78, 5) is 24.3. The maximum Gasteiger partial charge on any atom is 0.251 e. The second-order valence-electron chi connectivity index (χ2n) is 5.70. The van der Waals surface area contributed by atoms with Crippen LogP contribution in [0.2, 0.25) is 0 Å². The number of hydrogen-bond acceptors (Lipinski definition) is 4. The SMILES string of the molecule is Cc1cc(=O)n(CC(=O)NCCN(C)S(C)(=O)=O)c2ccccc12. The van der Waals surface area contributed by atoms with Crippen LogP contribution in [0.1, 0.15) is 5.56 Å². The molecule has 0 fully saturated rings. The topological polar surface area (TPSA) is 88.5 Å². The quantitative estimate of drug-likeness (QED) is 0.812. The van der Waals surface area contributed by atoms with Crippen LogP contribution in [-0.2, 0) is 21.4 Å². The third-order valence-corrected chi connectivity index (χ3v) is 5.16. The van der Waals surface area contributed by atoms with E-state index in [0.29, 0.717) is 5.52 Å². The molecule has 0 saturated heterocycles. The third-order valence-electron chi connectivity index (χ3n) is 3.84. The van der Waals surface area contributed by atoms with Gasteiger partial charge in [0.1, 0.15) is 6.54 Å². The van der Waals surface area contributed by atoms with Gasteiger partial charge in [0, 0.05) is 31.6 Å². The van der Waals surface area contributed by atoms with Crippen LogP contribution in [0.4, 0.5) is 0 Å². The molecular weight excluding hydrogens is 330 g/mol. The molecule has 24 heavy (non-hydrogen) atoms. The van der Waals surface area contributed by atoms with Gasteiger partial charge in [-0.25, -0.2) is 12.7 Å². The Labute approximate surface area is 140 Å². The largest absolute Gasteiger partial charge is 0.353 e. The summed E-state index contributed by atoms with van der Waals surface area (Å²) in [6.07, 6.45) is 1.10. The fourth-order valence-corrected chi connectivity index (χ4v) is 2.81. The highest BCUT2D eigenvalue weighted by molar-refractivity contribution is 7.88. The van der Waals surface area contributed by atoms with Crippen LogP contribution in [0.25, 0.3) is 10.9 Å². The number of nitrogens with one attached hydrogen (secondary N) is 1. The summed E-state index contributed by atoms with van der Waals surface area (Å²) in [6.45, 7) is 2.10. The lowest BCUT2D eigenvalue weighted by atomic mass is 10.1. The van der Waals surface area contributed by atoms with Crippen LogP contribution in [0.3, 0.4) is 0 Å². The van der Waals surface area contributed by atoms with Gasteiger partial charge in [0.05, 0.1) is 11.8 Å². The van der Waals surface area contributed by atoms with Gasteiger partial charge in [0.15, 0.2) is 0 Å². The van der Waals surface area contributed by atoms with Gasteiger partial charge in [-0.15, -0.1) is 0 Å². The van der Waals surface area contributed by atoms with Crippen molar-refractivity contribution in [2.45, 2.75) is 13.5 Å². The van der Waals surface area contributed by atoms with Crippen molar-refractivity contribution in [1.82, 2.24) is 14.2 Å². The lowest BCUT2D eigenvalue weighted by molar-refractivity contribution is -0.121. The van der Waals surface area contributed by atoms with E-state index in [1.807, 2.05) is 25.1 Å². The molecule has 0 aliphatic rings. The number of carbonyl (C=O) groups excluding carboxylic acids is 1. The van der Waals surface area contributed by atoms with Crippen molar-refractivity contribution in [2.24, 2.45) is 0 Å². The van der Waals surface area contributed by atoms with Crippen molar-refractivity contribution in [3.05, 3.63) is 46.2 Å². The normalized spacial score (nSPS) is 11.8. The smallest absolute Gasteiger partial charge is 0.251 e. The van der Waals surface area contributed by atoms with E-state index in [9.17, 15) is 18.0 Å². The van der Waals surface area contributed by atoms with Gasteiger partial charge in [-0.3, -0.25) is 14.2 Å². The second kappa shape index (κ2) is 7.14. The number of benzene rings is 1. The molecule has 8 heteroatoms. The van der Waals surface area contributed by atoms with Crippen LogP contribution in [0, 0.1) is 6.92 Å². The number of likely N-dealkylation sites (N-methyl/N-ethyl adjacent to an activating group) is 1. The van der Waals surface area contributed by atoms with E-state index in [0.717, 1.165) is 21.5 Å². The standard InChI is InChI=1S/C16H21N3O4S/c1-12-10-16(21)19(14-7-5-4-6-13(12)14)11-15(20)17-8-9-18(2)24(3,22)23/h4-7,10H,8-9,11H2,1-3H3,(H,17,20). The highest BCUT2D eigenvalue weighted by Gasteiger charge is 2.12. The van der Waals surface area contributed by atoms with E-state index < -0.39 is 10.0 Å². The van der Waals surface area contributed by atoms with Crippen LogP contribution in [0.5, 0.6) is 0 Å². The fourth-order valence-electron chi connectivity index (χ4n) is 2.38. The molecule has 0 unspecified atom stereocenters. The number of fused-ring (bicyclic) bond motifs is 1. The molecule has 2 rings (SSSR count). The van der Waals surface area contributed by atoms with Crippen LogP contribution in [-0.4, -0.2) is 49.6 Å². The summed E-state index contributed by atoms with van der Waals surface area (Å²) in [7, 11) is -1.83. The monoisotopic (exact) mass is 351 g/mol. The minimum absolute atomic E-state index is 0.109. The maximum absolute atomic E-state index is 12.2. The molecule has 0 bridgehead atoms. The number of sulfonamides is 1. The molecule has 7 nitrogen and oxygen atoms in total. The van der Waals surface area contributed by atoms with E-state index in [4.69, 9.17) is 0 Å². The number of rotatable bonds is 6. The predicted octanol–water partition coefficient (Wildman–Crippen LogP) is 0.318. The van der Waals surface area contributed by atoms with Gasteiger partial charge >= 0.3 is 0 Å². The van der Waals surface area contributed by atoms with Crippen LogP contribution < -0.4 is 10.9 Å². The molecule has 0 aliphatic heterocycles. The minimum Gasteiger partial charge on any atom is -0.353 e. The molecule has 1 aromatic carbocycles. The molecule has 1 heterocycles. The Balaban J connectivity index is 2.10. The molecule has 0 spiro atoms. The first-order valence-corrected chi connectivity index (χ1v) is 9.32. The summed E-state index contributed by atoms with van der Waals surface area (Å²) in [5, 5.41) is 3.55. The number of amides is 1. The number of carbonyl (C=O) groups is 1. The molecule has 0 saturated carbocycles. The van der Waals surface area contributed by atoms with Crippen molar-refractivity contribution in [2.75, 3.05) is 26.4 Å². The average molecular weight is 351 g/mol. The van der Waals surface area contributed by atoms with Gasteiger partial charge in [0.2, 0.25) is 15.9 Å². The lowest BCUT2D eigenvalue weighted by Gasteiger charge is -2.15.